The molecule has 2 aromatic rings. The largest absolute Gasteiger partial charge is 0.467 e. The van der Waals surface area contributed by atoms with Crippen LogP contribution in [0.4, 0.5) is 5.69 Å². The molecule has 0 unspecified atom stereocenters. The van der Waals surface area contributed by atoms with E-state index in [1.54, 1.807) is 30.5 Å². The van der Waals surface area contributed by atoms with E-state index in [1.807, 2.05) is 12.1 Å². The Kier molecular flexibility index (Phi) is 8.55. The molecule has 0 radical (unpaired) electrons. The lowest BCUT2D eigenvalue weighted by molar-refractivity contribution is -0.117. The van der Waals surface area contributed by atoms with Crippen LogP contribution in [0.5, 0.6) is 0 Å². The summed E-state index contributed by atoms with van der Waals surface area (Å²) in [6.07, 6.45) is 9.57. The van der Waals surface area contributed by atoms with Crippen LogP contribution in [0.15, 0.2) is 47.1 Å². The number of hydrogen-bond donors (Lipinski definition) is 2. The van der Waals surface area contributed by atoms with Gasteiger partial charge in [0.05, 0.1) is 30.6 Å². The average molecular weight is 453 g/mol. The summed E-state index contributed by atoms with van der Waals surface area (Å²) in [5.74, 6) is 1.21. The van der Waals surface area contributed by atoms with E-state index in [2.05, 4.69) is 20.4 Å². The van der Waals surface area contributed by atoms with Gasteiger partial charge in [0, 0.05) is 19.6 Å². The summed E-state index contributed by atoms with van der Waals surface area (Å²) in [6.45, 7) is 5.84. The first-order valence-corrected chi connectivity index (χ1v) is 12.3. The van der Waals surface area contributed by atoms with Gasteiger partial charge in [-0.05, 0) is 62.5 Å². The van der Waals surface area contributed by atoms with Gasteiger partial charge in [-0.2, -0.15) is 0 Å². The second-order valence-corrected chi connectivity index (χ2v) is 9.29. The van der Waals surface area contributed by atoms with Gasteiger partial charge < -0.3 is 20.0 Å². The Hall–Kier alpha value is -2.64. The molecule has 0 spiro atoms. The van der Waals surface area contributed by atoms with Crippen LogP contribution in [0.2, 0.25) is 0 Å². The van der Waals surface area contributed by atoms with Crippen LogP contribution >= 0.6 is 0 Å². The second-order valence-electron chi connectivity index (χ2n) is 9.29. The van der Waals surface area contributed by atoms with E-state index < -0.39 is 0 Å². The molecule has 178 valence electrons. The van der Waals surface area contributed by atoms with E-state index in [0.29, 0.717) is 30.1 Å². The lowest BCUT2D eigenvalue weighted by Crippen LogP contribution is -2.37. The highest BCUT2D eigenvalue weighted by molar-refractivity contribution is 6.04. The molecule has 2 aliphatic rings. The van der Waals surface area contributed by atoms with Crippen molar-refractivity contribution in [3.8, 4) is 0 Å². The molecule has 7 nitrogen and oxygen atoms in total. The van der Waals surface area contributed by atoms with Gasteiger partial charge in [-0.25, -0.2) is 0 Å². The maximum atomic E-state index is 12.8. The lowest BCUT2D eigenvalue weighted by Gasteiger charge is -2.28. The van der Waals surface area contributed by atoms with E-state index in [9.17, 15) is 9.59 Å². The molecule has 1 aromatic carbocycles. The molecule has 1 aliphatic carbocycles. The van der Waals surface area contributed by atoms with Crippen LogP contribution in [0, 0.1) is 5.92 Å². The van der Waals surface area contributed by atoms with Gasteiger partial charge in [0.1, 0.15) is 5.76 Å². The number of nitrogens with zero attached hydrogens (tertiary/aromatic N) is 2. The minimum absolute atomic E-state index is 0.0815. The van der Waals surface area contributed by atoms with Gasteiger partial charge in [-0.3, -0.25) is 14.5 Å². The van der Waals surface area contributed by atoms with E-state index in [-0.39, 0.29) is 11.8 Å². The van der Waals surface area contributed by atoms with Crippen LogP contribution in [-0.2, 0) is 11.3 Å². The number of para-hydroxylation sites is 1. The van der Waals surface area contributed by atoms with Crippen molar-refractivity contribution < 1.29 is 14.0 Å². The third-order valence-corrected chi connectivity index (χ3v) is 6.74. The van der Waals surface area contributed by atoms with E-state index in [4.69, 9.17) is 4.42 Å². The fourth-order valence-electron chi connectivity index (χ4n) is 4.96. The maximum Gasteiger partial charge on any atom is 0.253 e. The fraction of sp³-hybridized carbons (Fsp3) is 0.538. The van der Waals surface area contributed by atoms with Gasteiger partial charge in [0.2, 0.25) is 5.91 Å². The highest BCUT2D eigenvalue weighted by Gasteiger charge is 2.21. The summed E-state index contributed by atoms with van der Waals surface area (Å²) in [7, 11) is 0. The maximum absolute atomic E-state index is 12.8. The zero-order valence-electron chi connectivity index (χ0n) is 19.4. The molecular weight excluding hydrogens is 416 g/mol. The zero-order chi connectivity index (χ0) is 22.9. The average Bonchev–Trinajstić information content (AvgIpc) is 3.26. The molecular formula is C26H36N4O3. The van der Waals surface area contributed by atoms with Crippen molar-refractivity contribution in [3.63, 3.8) is 0 Å². The van der Waals surface area contributed by atoms with E-state index in [1.165, 1.54) is 38.6 Å². The highest BCUT2D eigenvalue weighted by atomic mass is 16.3. The smallest absolute Gasteiger partial charge is 0.253 e. The Morgan fingerprint density at radius 3 is 2.52 bits per heavy atom. The molecule has 33 heavy (non-hydrogen) atoms. The number of carbonyl (C=O) groups excluding carboxylic acids is 2. The summed E-state index contributed by atoms with van der Waals surface area (Å²) in [5, 5.41) is 5.79. The van der Waals surface area contributed by atoms with E-state index >= 15 is 0 Å². The van der Waals surface area contributed by atoms with Crippen LogP contribution in [0.25, 0.3) is 0 Å². The molecule has 2 heterocycles. The fourth-order valence-corrected chi connectivity index (χ4v) is 4.96. The molecule has 7 heteroatoms. The van der Waals surface area contributed by atoms with Crippen molar-refractivity contribution in [1.82, 2.24) is 15.1 Å². The number of anilines is 1. The van der Waals surface area contributed by atoms with Crippen molar-refractivity contribution in [2.75, 3.05) is 44.6 Å². The molecule has 0 bridgehead atoms. The predicted molar refractivity (Wildman–Crippen MR) is 129 cm³/mol. The normalized spacial score (nSPS) is 18.5. The second kappa shape index (κ2) is 12.0. The molecule has 2 amide bonds. The number of furan rings is 1. The van der Waals surface area contributed by atoms with E-state index in [0.717, 1.165) is 38.5 Å². The summed E-state index contributed by atoms with van der Waals surface area (Å²) < 4.78 is 5.27. The summed E-state index contributed by atoms with van der Waals surface area (Å²) in [4.78, 5) is 30.3. The van der Waals surface area contributed by atoms with Crippen molar-refractivity contribution >= 4 is 17.5 Å². The number of amides is 2. The Balaban J connectivity index is 1.26. The van der Waals surface area contributed by atoms with Gasteiger partial charge in [-0.1, -0.05) is 31.4 Å². The van der Waals surface area contributed by atoms with Crippen LogP contribution in [0.3, 0.4) is 0 Å². The molecule has 2 N–H and O–H groups in total. The summed E-state index contributed by atoms with van der Waals surface area (Å²) in [5.41, 5.74) is 0.986. The van der Waals surface area contributed by atoms with Crippen molar-refractivity contribution in [2.45, 2.75) is 45.1 Å². The monoisotopic (exact) mass is 452 g/mol. The Labute approximate surface area is 196 Å². The first-order valence-electron chi connectivity index (χ1n) is 12.3. The topological polar surface area (TPSA) is 77.8 Å². The number of nitrogens with one attached hydrogen (secondary N) is 2. The first-order chi connectivity index (χ1) is 16.2. The van der Waals surface area contributed by atoms with Crippen molar-refractivity contribution in [1.29, 1.82) is 0 Å². The van der Waals surface area contributed by atoms with Crippen molar-refractivity contribution in [2.24, 2.45) is 5.92 Å². The molecule has 1 saturated heterocycles. The Morgan fingerprint density at radius 2 is 1.70 bits per heavy atom. The summed E-state index contributed by atoms with van der Waals surface area (Å²) >= 11 is 0. The molecule has 4 rings (SSSR count). The molecule has 1 aromatic heterocycles. The first kappa shape index (κ1) is 23.5. The van der Waals surface area contributed by atoms with Gasteiger partial charge >= 0.3 is 0 Å². The standard InChI is InChI=1S/C26H36N4O3/c31-25(20-30-14-7-13-29(15-16-30)19-21-8-2-1-3-9-21)28-24-12-5-4-11-23(24)26(32)27-18-22-10-6-17-33-22/h4-6,10-12,17,21H,1-3,7-9,13-16,18-20H2,(H,27,32)(H,28,31). The van der Waals surface area contributed by atoms with Crippen LogP contribution in [0.1, 0.15) is 54.6 Å². The molecule has 0 atom stereocenters. The van der Waals surface area contributed by atoms with Gasteiger partial charge in [0.15, 0.2) is 0 Å². The third-order valence-electron chi connectivity index (χ3n) is 6.74. The van der Waals surface area contributed by atoms with Crippen LogP contribution < -0.4 is 10.6 Å². The third kappa shape index (κ3) is 7.17. The quantitative estimate of drug-likeness (QED) is 0.638. The molecule has 1 aliphatic heterocycles. The molecule has 2 fully saturated rings. The Bertz CT molecular complexity index is 893. The number of rotatable bonds is 8. The number of hydrogen-bond acceptors (Lipinski definition) is 5. The lowest BCUT2D eigenvalue weighted by atomic mass is 9.89. The number of carbonyl (C=O) groups is 2. The minimum Gasteiger partial charge on any atom is -0.467 e. The van der Waals surface area contributed by atoms with Gasteiger partial charge in [0.25, 0.3) is 5.91 Å². The van der Waals surface area contributed by atoms with Crippen molar-refractivity contribution in [3.05, 3.63) is 54.0 Å². The van der Waals surface area contributed by atoms with Crippen LogP contribution in [-0.4, -0.2) is 60.9 Å². The van der Waals surface area contributed by atoms with Gasteiger partial charge in [-0.15, -0.1) is 0 Å². The number of benzene rings is 1. The minimum atomic E-state index is -0.240. The zero-order valence-corrected chi connectivity index (χ0v) is 19.4. The highest BCUT2D eigenvalue weighted by Crippen LogP contribution is 2.24. The summed E-state index contributed by atoms with van der Waals surface area (Å²) in [6, 6.07) is 10.7. The Morgan fingerprint density at radius 1 is 0.909 bits per heavy atom. The SMILES string of the molecule is O=C(CN1CCCN(CC2CCCCC2)CC1)Nc1ccccc1C(=O)NCc1ccco1. The predicted octanol–water partition coefficient (Wildman–Crippen LogP) is 3.74. The molecule has 1 saturated carbocycles.